The van der Waals surface area contributed by atoms with Gasteiger partial charge >= 0.3 is 5.97 Å². The van der Waals surface area contributed by atoms with Gasteiger partial charge in [0.1, 0.15) is 11.4 Å². The largest absolute Gasteiger partial charge is 0.497 e. The Morgan fingerprint density at radius 1 is 1.19 bits per heavy atom. The van der Waals surface area contributed by atoms with Crippen LogP contribution in [-0.2, 0) is 6.42 Å². The molecule has 5 heteroatoms. The second-order valence-electron chi connectivity index (χ2n) is 6.18. The van der Waals surface area contributed by atoms with Crippen molar-refractivity contribution in [1.29, 1.82) is 0 Å². The lowest BCUT2D eigenvalue weighted by molar-refractivity contribution is 0.0691. The van der Waals surface area contributed by atoms with Crippen molar-refractivity contribution < 1.29 is 14.6 Å². The molecular weight excluding hydrogens is 328 g/mol. The number of aromatic amines is 1. The molecule has 0 unspecified atom stereocenters. The summed E-state index contributed by atoms with van der Waals surface area (Å²) in [5.74, 6) is -0.193. The lowest BCUT2D eigenvalue weighted by Gasteiger charge is -2.11. The molecule has 134 valence electrons. The molecule has 0 atom stereocenters. The number of carbonyl (C=O) groups is 1. The number of nitrogens with one attached hydrogen (secondary N) is 1. The summed E-state index contributed by atoms with van der Waals surface area (Å²) in [5.41, 5.74) is 4.84. The van der Waals surface area contributed by atoms with E-state index in [9.17, 15) is 9.90 Å². The molecule has 0 saturated heterocycles. The fraction of sp³-hybridized carbons (Fsp3) is 0.238. The summed E-state index contributed by atoms with van der Waals surface area (Å²) >= 11 is 0. The van der Waals surface area contributed by atoms with E-state index in [2.05, 4.69) is 23.0 Å². The van der Waals surface area contributed by atoms with Crippen molar-refractivity contribution in [3.8, 4) is 28.1 Å². The number of benzene rings is 1. The number of pyridine rings is 1. The van der Waals surface area contributed by atoms with Gasteiger partial charge in [0, 0.05) is 29.1 Å². The number of rotatable bonds is 7. The predicted molar refractivity (Wildman–Crippen MR) is 102 cm³/mol. The van der Waals surface area contributed by atoms with Crippen LogP contribution in [0, 0.1) is 0 Å². The highest BCUT2D eigenvalue weighted by atomic mass is 16.5. The van der Waals surface area contributed by atoms with E-state index in [0.717, 1.165) is 53.0 Å². The number of ether oxygens (including phenoxy) is 1. The van der Waals surface area contributed by atoms with Gasteiger partial charge in [-0.05, 0) is 54.8 Å². The standard InChI is InChI=1S/C21H22N2O3/c1-3-4-5-14-10-18(16-11-19(21(24)25)22-13-16)20(23-12-14)15-6-8-17(26-2)9-7-15/h6-13,22H,3-5H2,1-2H3,(H,24,25). The Morgan fingerprint density at radius 2 is 1.96 bits per heavy atom. The Labute approximate surface area is 152 Å². The first-order valence-corrected chi connectivity index (χ1v) is 8.67. The first-order chi connectivity index (χ1) is 12.6. The summed E-state index contributed by atoms with van der Waals surface area (Å²) in [6.07, 6.45) is 6.79. The molecule has 0 bridgehead atoms. The van der Waals surface area contributed by atoms with Gasteiger partial charge in [0.25, 0.3) is 0 Å². The Hall–Kier alpha value is -3.08. The fourth-order valence-corrected chi connectivity index (χ4v) is 2.90. The molecule has 3 aromatic rings. The van der Waals surface area contributed by atoms with Crippen LogP contribution in [0.3, 0.4) is 0 Å². The van der Waals surface area contributed by atoms with Gasteiger partial charge in [-0.25, -0.2) is 4.79 Å². The van der Waals surface area contributed by atoms with Crippen LogP contribution in [0.5, 0.6) is 5.75 Å². The molecule has 3 rings (SSSR count). The SMILES string of the molecule is CCCCc1cnc(-c2ccc(OC)cc2)c(-c2c[nH]c(C(=O)O)c2)c1. The van der Waals surface area contributed by atoms with Crippen LogP contribution < -0.4 is 4.74 Å². The predicted octanol–water partition coefficient (Wildman–Crippen LogP) is 4.79. The number of carboxylic acids is 1. The van der Waals surface area contributed by atoms with Gasteiger partial charge in [0.05, 0.1) is 12.8 Å². The van der Waals surface area contributed by atoms with Gasteiger partial charge in [0.2, 0.25) is 0 Å². The molecule has 0 radical (unpaired) electrons. The molecule has 0 fully saturated rings. The van der Waals surface area contributed by atoms with E-state index in [4.69, 9.17) is 4.74 Å². The Bertz CT molecular complexity index is 898. The van der Waals surface area contributed by atoms with Gasteiger partial charge in [-0.2, -0.15) is 0 Å². The summed E-state index contributed by atoms with van der Waals surface area (Å²) in [6.45, 7) is 2.16. The number of aryl methyl sites for hydroxylation is 1. The summed E-state index contributed by atoms with van der Waals surface area (Å²) in [7, 11) is 1.63. The molecule has 0 spiro atoms. The normalized spacial score (nSPS) is 10.7. The minimum absolute atomic E-state index is 0.166. The van der Waals surface area contributed by atoms with Crippen LogP contribution in [0.15, 0.2) is 48.8 Å². The number of aromatic carboxylic acids is 1. The first kappa shape index (κ1) is 17.7. The summed E-state index contributed by atoms with van der Waals surface area (Å²) in [6, 6.07) is 11.5. The molecule has 26 heavy (non-hydrogen) atoms. The average Bonchev–Trinajstić information content (AvgIpc) is 3.17. The molecule has 1 aromatic carbocycles. The Balaban J connectivity index is 2.07. The number of methoxy groups -OCH3 is 1. The number of unbranched alkanes of at least 4 members (excludes halogenated alkanes) is 1. The van der Waals surface area contributed by atoms with E-state index in [-0.39, 0.29) is 5.69 Å². The zero-order valence-corrected chi connectivity index (χ0v) is 15.0. The monoisotopic (exact) mass is 350 g/mol. The minimum atomic E-state index is -0.975. The molecule has 2 N–H and O–H groups in total. The Kier molecular flexibility index (Phi) is 5.37. The highest BCUT2D eigenvalue weighted by molar-refractivity contribution is 5.89. The molecule has 5 nitrogen and oxygen atoms in total. The highest BCUT2D eigenvalue weighted by Gasteiger charge is 2.14. The van der Waals surface area contributed by atoms with Crippen molar-refractivity contribution in [3.63, 3.8) is 0 Å². The topological polar surface area (TPSA) is 75.2 Å². The van der Waals surface area contributed by atoms with Crippen molar-refractivity contribution in [2.45, 2.75) is 26.2 Å². The Morgan fingerprint density at radius 3 is 2.58 bits per heavy atom. The van der Waals surface area contributed by atoms with E-state index in [1.165, 1.54) is 0 Å². The van der Waals surface area contributed by atoms with Gasteiger partial charge in [-0.15, -0.1) is 0 Å². The van der Waals surface area contributed by atoms with Gasteiger partial charge in [-0.1, -0.05) is 13.3 Å². The van der Waals surface area contributed by atoms with Crippen molar-refractivity contribution in [2.24, 2.45) is 0 Å². The minimum Gasteiger partial charge on any atom is -0.497 e. The number of nitrogens with zero attached hydrogens (tertiary/aromatic N) is 1. The lowest BCUT2D eigenvalue weighted by Crippen LogP contribution is -1.95. The van der Waals surface area contributed by atoms with Crippen LogP contribution in [0.25, 0.3) is 22.4 Å². The second-order valence-corrected chi connectivity index (χ2v) is 6.18. The zero-order chi connectivity index (χ0) is 18.5. The molecular formula is C21H22N2O3. The number of carboxylic acid groups (broad SMARTS) is 1. The summed E-state index contributed by atoms with van der Waals surface area (Å²) < 4.78 is 5.22. The molecule has 0 saturated carbocycles. The van der Waals surface area contributed by atoms with E-state index in [1.54, 1.807) is 19.4 Å². The molecule has 0 aliphatic heterocycles. The number of H-pyrrole nitrogens is 1. The van der Waals surface area contributed by atoms with Crippen LogP contribution >= 0.6 is 0 Å². The van der Waals surface area contributed by atoms with Gasteiger partial charge in [-0.3, -0.25) is 4.98 Å². The highest BCUT2D eigenvalue weighted by Crippen LogP contribution is 2.32. The molecule has 0 aliphatic carbocycles. The van der Waals surface area contributed by atoms with E-state index < -0.39 is 5.97 Å². The fourth-order valence-electron chi connectivity index (χ4n) is 2.90. The summed E-state index contributed by atoms with van der Waals surface area (Å²) in [4.78, 5) is 18.7. The number of hydrogen-bond donors (Lipinski definition) is 2. The quantitative estimate of drug-likeness (QED) is 0.642. The third-order valence-corrected chi connectivity index (χ3v) is 4.35. The molecule has 0 amide bonds. The van der Waals surface area contributed by atoms with Crippen LogP contribution in [0.2, 0.25) is 0 Å². The van der Waals surface area contributed by atoms with Crippen molar-refractivity contribution in [2.75, 3.05) is 7.11 Å². The van der Waals surface area contributed by atoms with Crippen LogP contribution in [0.4, 0.5) is 0 Å². The van der Waals surface area contributed by atoms with Gasteiger partial charge in [0.15, 0.2) is 0 Å². The van der Waals surface area contributed by atoms with Crippen molar-refractivity contribution >= 4 is 5.97 Å². The van der Waals surface area contributed by atoms with Crippen molar-refractivity contribution in [3.05, 3.63) is 60.0 Å². The first-order valence-electron chi connectivity index (χ1n) is 8.67. The molecule has 0 aliphatic rings. The van der Waals surface area contributed by atoms with E-state index in [1.807, 2.05) is 30.5 Å². The van der Waals surface area contributed by atoms with Crippen molar-refractivity contribution in [1.82, 2.24) is 9.97 Å². The van der Waals surface area contributed by atoms with E-state index >= 15 is 0 Å². The maximum Gasteiger partial charge on any atom is 0.352 e. The summed E-state index contributed by atoms with van der Waals surface area (Å²) in [5, 5.41) is 9.20. The number of hydrogen-bond acceptors (Lipinski definition) is 3. The maximum atomic E-state index is 11.2. The van der Waals surface area contributed by atoms with E-state index in [0.29, 0.717) is 0 Å². The average molecular weight is 350 g/mol. The van der Waals surface area contributed by atoms with Crippen LogP contribution in [0.1, 0.15) is 35.8 Å². The number of aromatic nitrogens is 2. The maximum absolute atomic E-state index is 11.2. The molecule has 2 heterocycles. The molecule has 2 aromatic heterocycles. The third-order valence-electron chi connectivity index (χ3n) is 4.35. The zero-order valence-electron chi connectivity index (χ0n) is 15.0. The third kappa shape index (κ3) is 3.77. The second kappa shape index (κ2) is 7.87. The lowest BCUT2D eigenvalue weighted by atomic mass is 9.98. The van der Waals surface area contributed by atoms with Gasteiger partial charge < -0.3 is 14.8 Å². The smallest absolute Gasteiger partial charge is 0.352 e. The van der Waals surface area contributed by atoms with Crippen LogP contribution in [-0.4, -0.2) is 28.2 Å².